The van der Waals surface area contributed by atoms with Crippen LogP contribution in [0.5, 0.6) is 0 Å². The van der Waals surface area contributed by atoms with Crippen molar-refractivity contribution in [3.8, 4) is 0 Å². The van der Waals surface area contributed by atoms with Gasteiger partial charge in [-0.2, -0.15) is 0 Å². The molecular formula is C11H24N2O2. The Morgan fingerprint density at radius 1 is 1.33 bits per heavy atom. The zero-order valence-electron chi connectivity index (χ0n) is 10.0. The van der Waals surface area contributed by atoms with Crippen LogP contribution in [-0.4, -0.2) is 36.2 Å². The van der Waals surface area contributed by atoms with E-state index in [1.807, 2.05) is 20.8 Å². The third-order valence-electron chi connectivity index (χ3n) is 2.10. The van der Waals surface area contributed by atoms with Gasteiger partial charge in [0, 0.05) is 19.0 Å². The SMILES string of the molecule is CCC(O)CCNCCC(=O)NC(C)C. The molecule has 0 aromatic carbocycles. The van der Waals surface area contributed by atoms with Gasteiger partial charge in [0.25, 0.3) is 0 Å². The Labute approximate surface area is 92.4 Å². The second kappa shape index (κ2) is 8.68. The molecule has 3 N–H and O–H groups in total. The molecular weight excluding hydrogens is 192 g/mol. The molecule has 15 heavy (non-hydrogen) atoms. The highest BCUT2D eigenvalue weighted by molar-refractivity contribution is 5.76. The smallest absolute Gasteiger partial charge is 0.221 e. The monoisotopic (exact) mass is 216 g/mol. The van der Waals surface area contributed by atoms with Crippen molar-refractivity contribution in [2.75, 3.05) is 13.1 Å². The summed E-state index contributed by atoms with van der Waals surface area (Å²) in [6.45, 7) is 7.30. The summed E-state index contributed by atoms with van der Waals surface area (Å²) in [5.74, 6) is 0.0774. The minimum atomic E-state index is -0.220. The molecule has 4 nitrogen and oxygen atoms in total. The van der Waals surface area contributed by atoms with E-state index in [-0.39, 0.29) is 18.1 Å². The molecule has 0 aromatic rings. The average Bonchev–Trinajstić information content (AvgIpc) is 2.15. The van der Waals surface area contributed by atoms with Crippen molar-refractivity contribution in [3.05, 3.63) is 0 Å². The normalized spacial score (nSPS) is 12.9. The molecule has 0 saturated carbocycles. The molecule has 0 saturated heterocycles. The van der Waals surface area contributed by atoms with E-state index in [2.05, 4.69) is 10.6 Å². The van der Waals surface area contributed by atoms with Gasteiger partial charge >= 0.3 is 0 Å². The molecule has 1 amide bonds. The Kier molecular flexibility index (Phi) is 8.33. The van der Waals surface area contributed by atoms with Crippen LogP contribution in [0.15, 0.2) is 0 Å². The maximum atomic E-state index is 11.2. The van der Waals surface area contributed by atoms with Gasteiger partial charge in [0.05, 0.1) is 6.10 Å². The lowest BCUT2D eigenvalue weighted by atomic mass is 10.2. The van der Waals surface area contributed by atoms with Crippen LogP contribution >= 0.6 is 0 Å². The van der Waals surface area contributed by atoms with Gasteiger partial charge < -0.3 is 15.7 Å². The van der Waals surface area contributed by atoms with E-state index in [9.17, 15) is 9.90 Å². The lowest BCUT2D eigenvalue weighted by Gasteiger charge is -2.10. The fraction of sp³-hybridized carbons (Fsp3) is 0.909. The van der Waals surface area contributed by atoms with E-state index >= 15 is 0 Å². The summed E-state index contributed by atoms with van der Waals surface area (Å²) < 4.78 is 0. The summed E-state index contributed by atoms with van der Waals surface area (Å²) in [6, 6.07) is 0.208. The fourth-order valence-corrected chi connectivity index (χ4v) is 1.19. The Bertz CT molecular complexity index is 172. The Hall–Kier alpha value is -0.610. The van der Waals surface area contributed by atoms with Crippen molar-refractivity contribution < 1.29 is 9.90 Å². The fourth-order valence-electron chi connectivity index (χ4n) is 1.19. The second-order valence-corrected chi connectivity index (χ2v) is 4.07. The van der Waals surface area contributed by atoms with Crippen LogP contribution < -0.4 is 10.6 Å². The third kappa shape index (κ3) is 9.69. The first kappa shape index (κ1) is 14.4. The zero-order valence-corrected chi connectivity index (χ0v) is 10.0. The van der Waals surface area contributed by atoms with Gasteiger partial charge in [-0.05, 0) is 33.2 Å². The molecule has 4 heteroatoms. The standard InChI is InChI=1S/C11H24N2O2/c1-4-10(14)5-7-12-8-6-11(15)13-9(2)3/h9-10,12,14H,4-8H2,1-3H3,(H,13,15). The van der Waals surface area contributed by atoms with Crippen LogP contribution in [-0.2, 0) is 4.79 Å². The molecule has 0 bridgehead atoms. The molecule has 1 unspecified atom stereocenters. The number of amides is 1. The first-order valence-corrected chi connectivity index (χ1v) is 5.74. The topological polar surface area (TPSA) is 61.4 Å². The largest absolute Gasteiger partial charge is 0.393 e. The molecule has 0 aliphatic rings. The highest BCUT2D eigenvalue weighted by Crippen LogP contribution is 1.94. The molecule has 0 fully saturated rings. The Morgan fingerprint density at radius 2 is 2.00 bits per heavy atom. The first-order valence-electron chi connectivity index (χ1n) is 5.74. The number of nitrogens with one attached hydrogen (secondary N) is 2. The van der Waals surface area contributed by atoms with Crippen LogP contribution in [0, 0.1) is 0 Å². The van der Waals surface area contributed by atoms with Crippen LogP contribution in [0.1, 0.15) is 40.0 Å². The van der Waals surface area contributed by atoms with Gasteiger partial charge in [0.2, 0.25) is 5.91 Å². The number of aliphatic hydroxyl groups is 1. The van der Waals surface area contributed by atoms with Gasteiger partial charge in [-0.15, -0.1) is 0 Å². The maximum Gasteiger partial charge on any atom is 0.221 e. The van der Waals surface area contributed by atoms with Gasteiger partial charge in [-0.1, -0.05) is 6.92 Å². The van der Waals surface area contributed by atoms with Gasteiger partial charge in [0.15, 0.2) is 0 Å². The van der Waals surface area contributed by atoms with Crippen molar-refractivity contribution in [3.63, 3.8) is 0 Å². The number of rotatable bonds is 8. The average molecular weight is 216 g/mol. The summed E-state index contributed by atoms with van der Waals surface area (Å²) >= 11 is 0. The maximum absolute atomic E-state index is 11.2. The number of hydrogen-bond acceptors (Lipinski definition) is 3. The van der Waals surface area contributed by atoms with Crippen LogP contribution in [0.25, 0.3) is 0 Å². The predicted molar refractivity (Wildman–Crippen MR) is 61.7 cm³/mol. The molecule has 0 radical (unpaired) electrons. The van der Waals surface area contributed by atoms with E-state index in [1.54, 1.807) is 0 Å². The zero-order chi connectivity index (χ0) is 11.7. The molecule has 0 aromatic heterocycles. The summed E-state index contributed by atoms with van der Waals surface area (Å²) in [5.41, 5.74) is 0. The minimum absolute atomic E-state index is 0.0774. The molecule has 0 spiro atoms. The minimum Gasteiger partial charge on any atom is -0.393 e. The molecule has 0 rings (SSSR count). The predicted octanol–water partition coefficient (Wildman–Crippen LogP) is 0.652. The highest BCUT2D eigenvalue weighted by Gasteiger charge is 2.03. The quantitative estimate of drug-likeness (QED) is 0.522. The van der Waals surface area contributed by atoms with Crippen molar-refractivity contribution in [1.82, 2.24) is 10.6 Å². The van der Waals surface area contributed by atoms with E-state index < -0.39 is 0 Å². The third-order valence-corrected chi connectivity index (χ3v) is 2.10. The van der Waals surface area contributed by atoms with E-state index in [0.717, 1.165) is 19.4 Å². The lowest BCUT2D eigenvalue weighted by molar-refractivity contribution is -0.121. The summed E-state index contributed by atoms with van der Waals surface area (Å²) in [7, 11) is 0. The van der Waals surface area contributed by atoms with Crippen LogP contribution in [0.4, 0.5) is 0 Å². The van der Waals surface area contributed by atoms with Crippen molar-refractivity contribution in [2.24, 2.45) is 0 Å². The summed E-state index contributed by atoms with van der Waals surface area (Å²) in [4.78, 5) is 11.2. The van der Waals surface area contributed by atoms with Crippen molar-refractivity contribution >= 4 is 5.91 Å². The lowest BCUT2D eigenvalue weighted by Crippen LogP contribution is -2.33. The first-order chi connectivity index (χ1) is 7.06. The molecule has 0 heterocycles. The molecule has 1 atom stereocenters. The number of carbonyl (C=O) groups is 1. The Balaban J connectivity index is 3.27. The van der Waals surface area contributed by atoms with Gasteiger partial charge in [-0.3, -0.25) is 4.79 Å². The van der Waals surface area contributed by atoms with Crippen LogP contribution in [0.3, 0.4) is 0 Å². The van der Waals surface area contributed by atoms with E-state index in [0.29, 0.717) is 13.0 Å². The number of aliphatic hydroxyl groups excluding tert-OH is 1. The molecule has 0 aliphatic carbocycles. The van der Waals surface area contributed by atoms with Crippen molar-refractivity contribution in [1.29, 1.82) is 0 Å². The summed E-state index contributed by atoms with van der Waals surface area (Å²) in [5, 5.41) is 15.2. The molecule has 90 valence electrons. The second-order valence-electron chi connectivity index (χ2n) is 4.07. The number of hydrogen-bond donors (Lipinski definition) is 3. The van der Waals surface area contributed by atoms with Gasteiger partial charge in [-0.25, -0.2) is 0 Å². The van der Waals surface area contributed by atoms with Crippen molar-refractivity contribution in [2.45, 2.75) is 52.2 Å². The van der Waals surface area contributed by atoms with Crippen LogP contribution in [0.2, 0.25) is 0 Å². The summed E-state index contributed by atoms with van der Waals surface area (Å²) in [6.07, 6.45) is 1.82. The Morgan fingerprint density at radius 3 is 2.53 bits per heavy atom. The van der Waals surface area contributed by atoms with Gasteiger partial charge in [0.1, 0.15) is 0 Å². The van der Waals surface area contributed by atoms with E-state index in [1.165, 1.54) is 0 Å². The number of carbonyl (C=O) groups excluding carboxylic acids is 1. The highest BCUT2D eigenvalue weighted by atomic mass is 16.3. The molecule has 0 aliphatic heterocycles. The van der Waals surface area contributed by atoms with E-state index in [4.69, 9.17) is 0 Å².